The average molecular weight is 341 g/mol. The maximum absolute atomic E-state index is 11.6. The van der Waals surface area contributed by atoms with E-state index in [-0.39, 0.29) is 11.3 Å². The van der Waals surface area contributed by atoms with E-state index in [1.54, 1.807) is 0 Å². The number of aryl methyl sites for hydroxylation is 1. The first-order valence-corrected chi connectivity index (χ1v) is 9.13. The first kappa shape index (κ1) is 14.9. The van der Waals surface area contributed by atoms with Crippen molar-refractivity contribution in [2.24, 2.45) is 12.5 Å². The summed E-state index contributed by atoms with van der Waals surface area (Å²) < 4.78 is 2.05. The number of anilines is 1. The molecular formula is C17H23N7O. The van der Waals surface area contributed by atoms with Crippen LogP contribution in [0.15, 0.2) is 0 Å². The SMILES string of the molecule is Cn1c(-c2n[nH]c3c2CCCC3)nnc1N1CC[C@]2(CNC(=O)C2)C1. The third-order valence-electron chi connectivity index (χ3n) is 6.04. The van der Waals surface area contributed by atoms with Gasteiger partial charge in [0.1, 0.15) is 5.69 Å². The van der Waals surface area contributed by atoms with Crippen LogP contribution in [0, 0.1) is 5.41 Å². The minimum absolute atomic E-state index is 0.0642. The molecule has 1 aliphatic carbocycles. The van der Waals surface area contributed by atoms with E-state index in [2.05, 4.69) is 30.6 Å². The molecular weight excluding hydrogens is 318 g/mol. The Morgan fingerprint density at radius 2 is 2.08 bits per heavy atom. The van der Waals surface area contributed by atoms with Crippen LogP contribution < -0.4 is 10.2 Å². The third kappa shape index (κ3) is 2.26. The highest BCUT2D eigenvalue weighted by atomic mass is 16.1. The molecule has 132 valence electrons. The molecule has 25 heavy (non-hydrogen) atoms. The van der Waals surface area contributed by atoms with Gasteiger partial charge in [0, 0.05) is 49.8 Å². The fourth-order valence-electron chi connectivity index (χ4n) is 4.61. The van der Waals surface area contributed by atoms with Crippen molar-refractivity contribution in [3.63, 3.8) is 0 Å². The second-order valence-electron chi connectivity index (χ2n) is 7.74. The van der Waals surface area contributed by atoms with Crippen molar-refractivity contribution in [2.75, 3.05) is 24.5 Å². The summed E-state index contributed by atoms with van der Waals surface area (Å²) in [5, 5.41) is 19.6. The van der Waals surface area contributed by atoms with Crippen LogP contribution >= 0.6 is 0 Å². The number of carbonyl (C=O) groups is 1. The number of aromatic amines is 1. The number of H-pyrrole nitrogens is 1. The van der Waals surface area contributed by atoms with Crippen LogP contribution in [-0.2, 0) is 24.7 Å². The van der Waals surface area contributed by atoms with Gasteiger partial charge in [-0.15, -0.1) is 10.2 Å². The van der Waals surface area contributed by atoms with Gasteiger partial charge in [0.05, 0.1) is 0 Å². The summed E-state index contributed by atoms with van der Waals surface area (Å²) in [4.78, 5) is 13.9. The highest BCUT2D eigenvalue weighted by Gasteiger charge is 2.45. The number of hydrogen-bond donors (Lipinski definition) is 2. The second-order valence-corrected chi connectivity index (χ2v) is 7.74. The van der Waals surface area contributed by atoms with E-state index in [1.807, 2.05) is 11.6 Å². The molecule has 0 saturated carbocycles. The normalized spacial score (nSPS) is 25.6. The first-order valence-electron chi connectivity index (χ1n) is 9.13. The van der Waals surface area contributed by atoms with Crippen LogP contribution in [0.1, 0.15) is 36.9 Å². The third-order valence-corrected chi connectivity index (χ3v) is 6.04. The van der Waals surface area contributed by atoms with Gasteiger partial charge in [0.15, 0.2) is 5.82 Å². The minimum Gasteiger partial charge on any atom is -0.355 e. The van der Waals surface area contributed by atoms with Crippen LogP contribution in [-0.4, -0.2) is 50.5 Å². The summed E-state index contributed by atoms with van der Waals surface area (Å²) in [6, 6.07) is 0. The summed E-state index contributed by atoms with van der Waals surface area (Å²) >= 11 is 0. The van der Waals surface area contributed by atoms with Gasteiger partial charge in [0.2, 0.25) is 11.9 Å². The summed E-state index contributed by atoms with van der Waals surface area (Å²) in [6.45, 7) is 2.55. The maximum Gasteiger partial charge on any atom is 0.227 e. The number of amides is 1. The lowest BCUT2D eigenvalue weighted by atomic mass is 9.86. The summed E-state index contributed by atoms with van der Waals surface area (Å²) in [5.41, 5.74) is 3.56. The molecule has 0 radical (unpaired) electrons. The van der Waals surface area contributed by atoms with Crippen molar-refractivity contribution in [1.29, 1.82) is 0 Å². The summed E-state index contributed by atoms with van der Waals surface area (Å²) in [5.74, 6) is 1.87. The Balaban J connectivity index is 1.44. The molecule has 2 saturated heterocycles. The standard InChI is InChI=1S/C17H23N7O/c1-23-15(14-11-4-2-3-5-12(11)19-20-14)21-22-16(23)24-7-6-17(10-24)8-13(25)18-9-17/h2-10H2,1H3,(H,18,25)(H,19,20)/t17-/m0/s1. The first-order chi connectivity index (χ1) is 12.2. The highest BCUT2D eigenvalue weighted by molar-refractivity contribution is 5.79. The van der Waals surface area contributed by atoms with Crippen molar-refractivity contribution < 1.29 is 4.79 Å². The molecule has 2 aromatic heterocycles. The molecule has 2 aromatic rings. The molecule has 8 nitrogen and oxygen atoms in total. The molecule has 2 aliphatic heterocycles. The van der Waals surface area contributed by atoms with Gasteiger partial charge in [-0.25, -0.2) is 0 Å². The Bertz CT molecular complexity index is 838. The van der Waals surface area contributed by atoms with Gasteiger partial charge < -0.3 is 10.2 Å². The van der Waals surface area contributed by atoms with Gasteiger partial charge in [-0.3, -0.25) is 14.5 Å². The van der Waals surface area contributed by atoms with E-state index in [0.717, 1.165) is 56.4 Å². The Kier molecular flexibility index (Phi) is 3.17. The molecule has 0 unspecified atom stereocenters. The predicted octanol–water partition coefficient (Wildman–Crippen LogP) is 0.800. The van der Waals surface area contributed by atoms with Crippen LogP contribution in [0.25, 0.3) is 11.5 Å². The number of nitrogens with one attached hydrogen (secondary N) is 2. The van der Waals surface area contributed by atoms with Gasteiger partial charge >= 0.3 is 0 Å². The van der Waals surface area contributed by atoms with Crippen molar-refractivity contribution in [1.82, 2.24) is 30.3 Å². The fraction of sp³-hybridized carbons (Fsp3) is 0.647. The minimum atomic E-state index is 0.0642. The highest BCUT2D eigenvalue weighted by Crippen LogP contribution is 2.38. The molecule has 1 atom stereocenters. The Hall–Kier alpha value is -2.38. The average Bonchev–Trinajstić information content (AvgIpc) is 3.36. The second kappa shape index (κ2) is 5.31. The smallest absolute Gasteiger partial charge is 0.227 e. The molecule has 0 bridgehead atoms. The van der Waals surface area contributed by atoms with Gasteiger partial charge in [-0.2, -0.15) is 5.10 Å². The van der Waals surface area contributed by atoms with E-state index < -0.39 is 0 Å². The van der Waals surface area contributed by atoms with Crippen LogP contribution in [0.5, 0.6) is 0 Å². The largest absolute Gasteiger partial charge is 0.355 e. The van der Waals surface area contributed by atoms with Gasteiger partial charge in [0.25, 0.3) is 0 Å². The van der Waals surface area contributed by atoms with E-state index in [4.69, 9.17) is 0 Å². The van der Waals surface area contributed by atoms with Gasteiger partial charge in [-0.1, -0.05) is 0 Å². The molecule has 5 rings (SSSR count). The number of carbonyl (C=O) groups excluding carboxylic acids is 1. The Morgan fingerprint density at radius 3 is 2.92 bits per heavy atom. The molecule has 0 aromatic carbocycles. The lowest BCUT2D eigenvalue weighted by Crippen LogP contribution is -2.30. The number of nitrogens with zero attached hydrogens (tertiary/aromatic N) is 5. The molecule has 3 aliphatic rings. The fourth-order valence-corrected chi connectivity index (χ4v) is 4.61. The van der Waals surface area contributed by atoms with Crippen LogP contribution in [0.3, 0.4) is 0 Å². The number of hydrogen-bond acceptors (Lipinski definition) is 5. The molecule has 1 spiro atoms. The van der Waals surface area contributed by atoms with Crippen molar-refractivity contribution in [2.45, 2.75) is 38.5 Å². The van der Waals surface area contributed by atoms with Crippen molar-refractivity contribution >= 4 is 11.9 Å². The predicted molar refractivity (Wildman–Crippen MR) is 92.1 cm³/mol. The lowest BCUT2D eigenvalue weighted by molar-refractivity contribution is -0.119. The van der Waals surface area contributed by atoms with Crippen molar-refractivity contribution in [3.05, 3.63) is 11.3 Å². The van der Waals surface area contributed by atoms with Crippen molar-refractivity contribution in [3.8, 4) is 11.5 Å². The topological polar surface area (TPSA) is 91.7 Å². The quantitative estimate of drug-likeness (QED) is 0.843. The maximum atomic E-state index is 11.6. The molecule has 2 fully saturated rings. The zero-order chi connectivity index (χ0) is 17.0. The molecule has 2 N–H and O–H groups in total. The zero-order valence-corrected chi connectivity index (χ0v) is 14.5. The zero-order valence-electron chi connectivity index (χ0n) is 14.5. The van der Waals surface area contributed by atoms with E-state index >= 15 is 0 Å². The summed E-state index contributed by atoms with van der Waals surface area (Å²) in [7, 11) is 2.01. The van der Waals surface area contributed by atoms with Crippen LogP contribution in [0.4, 0.5) is 5.95 Å². The number of aromatic nitrogens is 5. The number of rotatable bonds is 2. The number of fused-ring (bicyclic) bond motifs is 1. The molecule has 1 amide bonds. The van der Waals surface area contributed by atoms with E-state index in [0.29, 0.717) is 6.42 Å². The molecule has 4 heterocycles. The Morgan fingerprint density at radius 1 is 1.20 bits per heavy atom. The lowest BCUT2D eigenvalue weighted by Gasteiger charge is -2.22. The van der Waals surface area contributed by atoms with E-state index in [9.17, 15) is 4.79 Å². The van der Waals surface area contributed by atoms with E-state index in [1.165, 1.54) is 24.1 Å². The molecule has 8 heteroatoms. The summed E-state index contributed by atoms with van der Waals surface area (Å²) in [6.07, 6.45) is 6.21. The monoisotopic (exact) mass is 341 g/mol. The van der Waals surface area contributed by atoms with Crippen LogP contribution in [0.2, 0.25) is 0 Å². The Labute approximate surface area is 146 Å². The van der Waals surface area contributed by atoms with Gasteiger partial charge in [-0.05, 0) is 32.1 Å².